The van der Waals surface area contributed by atoms with Crippen molar-refractivity contribution in [3.63, 3.8) is 0 Å². The molecular formula is C13H12N6O2. The first kappa shape index (κ1) is 13.0. The van der Waals surface area contributed by atoms with Crippen molar-refractivity contribution in [1.82, 2.24) is 19.6 Å². The number of hydrogen-bond donors (Lipinski definition) is 1. The van der Waals surface area contributed by atoms with E-state index in [-0.39, 0.29) is 11.4 Å². The van der Waals surface area contributed by atoms with Gasteiger partial charge in [-0.15, -0.1) is 10.2 Å². The minimum atomic E-state index is -0.517. The number of anilines is 1. The summed E-state index contributed by atoms with van der Waals surface area (Å²) in [5.41, 5.74) is 7.87. The molecule has 0 amide bonds. The van der Waals surface area contributed by atoms with Crippen molar-refractivity contribution in [3.05, 3.63) is 45.8 Å². The molecule has 8 nitrogen and oxygen atoms in total. The lowest BCUT2D eigenvalue weighted by Crippen LogP contribution is -2.00. The number of hydrogen-bond acceptors (Lipinski definition) is 6. The molecule has 0 fully saturated rings. The number of aryl methyl sites for hydroxylation is 2. The monoisotopic (exact) mass is 284 g/mol. The van der Waals surface area contributed by atoms with Crippen LogP contribution in [-0.2, 0) is 0 Å². The molecule has 3 aromatic rings. The third-order valence-corrected chi connectivity index (χ3v) is 3.18. The highest BCUT2D eigenvalue weighted by molar-refractivity contribution is 5.69. The minimum Gasteiger partial charge on any atom is -0.393 e. The maximum atomic E-state index is 11.0. The van der Waals surface area contributed by atoms with Gasteiger partial charge in [-0.1, -0.05) is 0 Å². The van der Waals surface area contributed by atoms with Gasteiger partial charge in [-0.3, -0.25) is 14.5 Å². The van der Waals surface area contributed by atoms with Gasteiger partial charge in [-0.25, -0.2) is 4.98 Å². The SMILES string of the molecule is Cc1cc(C)n2c(-c3ccc(N)c([N+](=O)[O-])c3)nnc2n1. The van der Waals surface area contributed by atoms with E-state index in [1.54, 1.807) is 10.5 Å². The Hall–Kier alpha value is -3.03. The molecule has 0 radical (unpaired) electrons. The first-order valence-electron chi connectivity index (χ1n) is 6.21. The standard InChI is InChI=1S/C13H12N6O2/c1-7-5-8(2)18-12(16-17-13(18)15-7)9-3-4-10(14)11(6-9)19(20)21/h3-6H,14H2,1-2H3. The number of nitrogen functional groups attached to an aromatic ring is 1. The smallest absolute Gasteiger partial charge is 0.292 e. The fourth-order valence-electron chi connectivity index (χ4n) is 2.26. The second kappa shape index (κ2) is 4.51. The molecular weight excluding hydrogens is 272 g/mol. The quantitative estimate of drug-likeness (QED) is 0.437. The fourth-order valence-corrected chi connectivity index (χ4v) is 2.26. The van der Waals surface area contributed by atoms with E-state index in [4.69, 9.17) is 5.73 Å². The molecule has 0 aliphatic carbocycles. The van der Waals surface area contributed by atoms with Crippen LogP contribution in [0.25, 0.3) is 17.2 Å². The zero-order valence-corrected chi connectivity index (χ0v) is 11.4. The molecule has 0 bridgehead atoms. The maximum Gasteiger partial charge on any atom is 0.292 e. The van der Waals surface area contributed by atoms with Crippen LogP contribution in [0, 0.1) is 24.0 Å². The molecule has 0 atom stereocenters. The average molecular weight is 284 g/mol. The number of aromatic nitrogens is 4. The van der Waals surface area contributed by atoms with Crippen LogP contribution in [0.1, 0.15) is 11.4 Å². The number of nitro groups is 1. The largest absolute Gasteiger partial charge is 0.393 e. The highest BCUT2D eigenvalue weighted by Gasteiger charge is 2.17. The summed E-state index contributed by atoms with van der Waals surface area (Å²) in [5.74, 6) is 0.958. The Morgan fingerprint density at radius 1 is 1.24 bits per heavy atom. The van der Waals surface area contributed by atoms with Crippen LogP contribution >= 0.6 is 0 Å². The van der Waals surface area contributed by atoms with Crippen molar-refractivity contribution in [3.8, 4) is 11.4 Å². The minimum absolute atomic E-state index is 0.114. The molecule has 0 saturated heterocycles. The van der Waals surface area contributed by atoms with Crippen LogP contribution in [0.5, 0.6) is 0 Å². The van der Waals surface area contributed by atoms with Gasteiger partial charge in [0.05, 0.1) is 4.92 Å². The third-order valence-electron chi connectivity index (χ3n) is 3.18. The molecule has 2 aromatic heterocycles. The van der Waals surface area contributed by atoms with Gasteiger partial charge in [0.2, 0.25) is 0 Å². The van der Waals surface area contributed by atoms with Gasteiger partial charge in [0.25, 0.3) is 11.5 Å². The second-order valence-corrected chi connectivity index (χ2v) is 4.73. The summed E-state index contributed by atoms with van der Waals surface area (Å²) in [6, 6.07) is 6.46. The van der Waals surface area contributed by atoms with E-state index in [0.717, 1.165) is 11.4 Å². The normalized spacial score (nSPS) is 11.0. The van der Waals surface area contributed by atoms with Crippen LogP contribution < -0.4 is 5.73 Å². The molecule has 0 unspecified atom stereocenters. The van der Waals surface area contributed by atoms with Crippen LogP contribution in [0.15, 0.2) is 24.3 Å². The first-order chi connectivity index (χ1) is 9.97. The van der Waals surface area contributed by atoms with Gasteiger partial charge in [0.15, 0.2) is 5.82 Å². The van der Waals surface area contributed by atoms with Gasteiger partial charge in [-0.2, -0.15) is 0 Å². The lowest BCUT2D eigenvalue weighted by Gasteiger charge is -2.05. The zero-order valence-electron chi connectivity index (χ0n) is 11.4. The Morgan fingerprint density at radius 2 is 2.00 bits per heavy atom. The zero-order chi connectivity index (χ0) is 15.1. The Morgan fingerprint density at radius 3 is 2.71 bits per heavy atom. The van der Waals surface area contributed by atoms with Crippen LogP contribution in [-0.4, -0.2) is 24.5 Å². The molecule has 0 aliphatic heterocycles. The summed E-state index contributed by atoms with van der Waals surface area (Å²) in [6.45, 7) is 3.77. The summed E-state index contributed by atoms with van der Waals surface area (Å²) in [7, 11) is 0. The van der Waals surface area contributed by atoms with Crippen molar-refractivity contribution in [2.24, 2.45) is 0 Å². The van der Waals surface area contributed by atoms with Crippen molar-refractivity contribution >= 4 is 17.2 Å². The predicted octanol–water partition coefficient (Wildman–Crippen LogP) is 1.90. The third kappa shape index (κ3) is 2.06. The Bertz CT molecular complexity index is 870. The van der Waals surface area contributed by atoms with E-state index >= 15 is 0 Å². The van der Waals surface area contributed by atoms with Crippen LogP contribution in [0.2, 0.25) is 0 Å². The molecule has 1 aromatic carbocycles. The van der Waals surface area contributed by atoms with E-state index in [1.807, 2.05) is 19.9 Å². The predicted molar refractivity (Wildman–Crippen MR) is 76.8 cm³/mol. The average Bonchev–Trinajstić information content (AvgIpc) is 2.82. The maximum absolute atomic E-state index is 11.0. The summed E-state index contributed by atoms with van der Waals surface area (Å²) >= 11 is 0. The Balaban J connectivity index is 2.26. The second-order valence-electron chi connectivity index (χ2n) is 4.73. The summed E-state index contributed by atoms with van der Waals surface area (Å²) in [6.07, 6.45) is 0. The highest BCUT2D eigenvalue weighted by Crippen LogP contribution is 2.28. The molecule has 2 N–H and O–H groups in total. The van der Waals surface area contributed by atoms with Crippen LogP contribution in [0.3, 0.4) is 0 Å². The van der Waals surface area contributed by atoms with E-state index in [2.05, 4.69) is 15.2 Å². The van der Waals surface area contributed by atoms with Crippen molar-refractivity contribution in [2.75, 3.05) is 5.73 Å². The molecule has 3 rings (SSSR count). The molecule has 0 saturated carbocycles. The molecule has 0 spiro atoms. The van der Waals surface area contributed by atoms with E-state index in [9.17, 15) is 10.1 Å². The van der Waals surface area contributed by atoms with Gasteiger partial charge >= 0.3 is 0 Å². The Kier molecular flexibility index (Phi) is 2.79. The van der Waals surface area contributed by atoms with Gasteiger partial charge in [0, 0.05) is 23.0 Å². The topological polar surface area (TPSA) is 112 Å². The summed E-state index contributed by atoms with van der Waals surface area (Å²) in [5, 5.41) is 19.1. The number of rotatable bonds is 2. The van der Waals surface area contributed by atoms with Gasteiger partial charge in [-0.05, 0) is 32.0 Å². The highest BCUT2D eigenvalue weighted by atomic mass is 16.6. The number of nitro benzene ring substituents is 1. The van der Waals surface area contributed by atoms with E-state index in [0.29, 0.717) is 17.2 Å². The summed E-state index contributed by atoms with van der Waals surface area (Å²) < 4.78 is 1.75. The van der Waals surface area contributed by atoms with Crippen LogP contribution in [0.4, 0.5) is 11.4 Å². The van der Waals surface area contributed by atoms with Gasteiger partial charge in [0.1, 0.15) is 5.69 Å². The van der Waals surface area contributed by atoms with E-state index < -0.39 is 4.92 Å². The Labute approximate surface area is 119 Å². The summed E-state index contributed by atoms with van der Waals surface area (Å²) in [4.78, 5) is 14.8. The molecule has 8 heteroatoms. The van der Waals surface area contributed by atoms with Gasteiger partial charge < -0.3 is 5.73 Å². The fraction of sp³-hybridized carbons (Fsp3) is 0.154. The number of nitrogens with zero attached hydrogens (tertiary/aromatic N) is 5. The molecule has 21 heavy (non-hydrogen) atoms. The number of benzene rings is 1. The molecule has 106 valence electrons. The number of fused-ring (bicyclic) bond motifs is 1. The van der Waals surface area contributed by atoms with Crippen molar-refractivity contribution < 1.29 is 4.92 Å². The van der Waals surface area contributed by atoms with Crippen molar-refractivity contribution in [2.45, 2.75) is 13.8 Å². The molecule has 0 aliphatic rings. The first-order valence-corrected chi connectivity index (χ1v) is 6.21. The van der Waals surface area contributed by atoms with E-state index in [1.165, 1.54) is 12.1 Å². The lowest BCUT2D eigenvalue weighted by atomic mass is 10.1. The molecule has 2 heterocycles. The van der Waals surface area contributed by atoms with Crippen molar-refractivity contribution in [1.29, 1.82) is 0 Å². The lowest BCUT2D eigenvalue weighted by molar-refractivity contribution is -0.383. The number of nitrogens with two attached hydrogens (primary N) is 1.